The smallest absolute Gasteiger partial charge is 0.321 e. The number of ketones is 1. The van der Waals surface area contributed by atoms with Gasteiger partial charge in [-0.3, -0.25) is 4.79 Å². The minimum absolute atomic E-state index is 0.0353. The van der Waals surface area contributed by atoms with Crippen LogP contribution in [0.25, 0.3) is 11.0 Å². The van der Waals surface area contributed by atoms with E-state index >= 15 is 0 Å². The zero-order valence-electron chi connectivity index (χ0n) is 15.2. The number of amides is 2. The van der Waals surface area contributed by atoms with Crippen molar-refractivity contribution in [1.29, 1.82) is 0 Å². The third-order valence-corrected chi connectivity index (χ3v) is 4.37. The first-order chi connectivity index (χ1) is 12.5. The Morgan fingerprint density at radius 1 is 1.12 bits per heavy atom. The Labute approximate surface area is 152 Å². The van der Waals surface area contributed by atoms with E-state index in [1.54, 1.807) is 36.2 Å². The Morgan fingerprint density at radius 3 is 2.62 bits per heavy atom. The average Bonchev–Trinajstić information content (AvgIpc) is 2.99. The number of anilines is 1. The van der Waals surface area contributed by atoms with Crippen molar-refractivity contribution in [2.45, 2.75) is 26.8 Å². The van der Waals surface area contributed by atoms with Crippen molar-refractivity contribution < 1.29 is 14.0 Å². The predicted octanol–water partition coefficient (Wildman–Crippen LogP) is 4.86. The van der Waals surface area contributed by atoms with E-state index < -0.39 is 0 Å². The summed E-state index contributed by atoms with van der Waals surface area (Å²) in [5, 5.41) is 3.87. The summed E-state index contributed by atoms with van der Waals surface area (Å²) in [6.07, 6.45) is 0.764. The summed E-state index contributed by atoms with van der Waals surface area (Å²) in [5.41, 5.74) is 3.03. The molecule has 0 bridgehead atoms. The molecular weight excluding hydrogens is 328 g/mol. The summed E-state index contributed by atoms with van der Waals surface area (Å²) >= 11 is 0. The van der Waals surface area contributed by atoms with E-state index in [2.05, 4.69) is 5.32 Å². The largest absolute Gasteiger partial charge is 0.461 e. The number of hydrogen-bond donors (Lipinski definition) is 1. The van der Waals surface area contributed by atoms with Gasteiger partial charge in [0.1, 0.15) is 11.3 Å². The Balaban J connectivity index is 1.78. The molecular formula is C21H22N2O3. The molecule has 0 aliphatic heterocycles. The monoisotopic (exact) mass is 350 g/mol. The number of urea groups is 1. The number of carbonyl (C=O) groups excluding carboxylic acids is 2. The fourth-order valence-electron chi connectivity index (χ4n) is 2.95. The molecule has 0 saturated heterocycles. The number of nitrogens with one attached hydrogen (secondary N) is 1. The SMILES string of the molecule is CCc1oc2ccccc2c1CN(C)C(=O)Nc1cccc(C(C)=O)c1. The van der Waals surface area contributed by atoms with Gasteiger partial charge in [0.2, 0.25) is 0 Å². The Morgan fingerprint density at radius 2 is 1.88 bits per heavy atom. The molecule has 1 aromatic heterocycles. The van der Waals surface area contributed by atoms with Crippen molar-refractivity contribution in [3.63, 3.8) is 0 Å². The number of rotatable bonds is 5. The third kappa shape index (κ3) is 3.61. The third-order valence-electron chi connectivity index (χ3n) is 4.37. The van der Waals surface area contributed by atoms with E-state index in [0.717, 1.165) is 28.7 Å². The summed E-state index contributed by atoms with van der Waals surface area (Å²) in [7, 11) is 1.74. The number of benzene rings is 2. The highest BCUT2D eigenvalue weighted by atomic mass is 16.3. The highest BCUT2D eigenvalue weighted by molar-refractivity contribution is 5.96. The van der Waals surface area contributed by atoms with E-state index in [4.69, 9.17) is 4.42 Å². The molecule has 0 aliphatic carbocycles. The quantitative estimate of drug-likeness (QED) is 0.668. The minimum Gasteiger partial charge on any atom is -0.461 e. The van der Waals surface area contributed by atoms with E-state index in [1.807, 2.05) is 31.2 Å². The van der Waals surface area contributed by atoms with Gasteiger partial charge < -0.3 is 14.6 Å². The van der Waals surface area contributed by atoms with Crippen LogP contribution in [0.3, 0.4) is 0 Å². The number of para-hydroxylation sites is 1. The summed E-state index contributed by atoms with van der Waals surface area (Å²) in [5.74, 6) is 0.858. The minimum atomic E-state index is -0.238. The molecule has 0 fully saturated rings. The Kier molecular flexibility index (Phi) is 5.07. The van der Waals surface area contributed by atoms with Gasteiger partial charge in [-0.25, -0.2) is 4.79 Å². The molecule has 3 aromatic rings. The van der Waals surface area contributed by atoms with Crippen LogP contribution in [0.1, 0.15) is 35.5 Å². The first-order valence-corrected chi connectivity index (χ1v) is 8.62. The number of hydrogen-bond acceptors (Lipinski definition) is 3. The first-order valence-electron chi connectivity index (χ1n) is 8.62. The first kappa shape index (κ1) is 17.7. The summed E-state index contributed by atoms with van der Waals surface area (Å²) in [6.45, 7) is 3.98. The molecule has 0 atom stereocenters. The van der Waals surface area contributed by atoms with Crippen molar-refractivity contribution >= 4 is 28.5 Å². The maximum atomic E-state index is 12.6. The van der Waals surface area contributed by atoms with Gasteiger partial charge in [-0.15, -0.1) is 0 Å². The summed E-state index contributed by atoms with van der Waals surface area (Å²) < 4.78 is 5.89. The van der Waals surface area contributed by atoms with E-state index in [0.29, 0.717) is 17.8 Å². The van der Waals surface area contributed by atoms with Crippen LogP contribution in [0, 0.1) is 0 Å². The zero-order chi connectivity index (χ0) is 18.7. The molecule has 1 heterocycles. The van der Waals surface area contributed by atoms with Gasteiger partial charge in [0, 0.05) is 35.7 Å². The lowest BCUT2D eigenvalue weighted by Crippen LogP contribution is -2.31. The number of fused-ring (bicyclic) bond motifs is 1. The highest BCUT2D eigenvalue weighted by Crippen LogP contribution is 2.27. The molecule has 2 amide bonds. The fraction of sp³-hybridized carbons (Fsp3) is 0.238. The second kappa shape index (κ2) is 7.44. The molecule has 0 unspecified atom stereocenters. The highest BCUT2D eigenvalue weighted by Gasteiger charge is 2.17. The van der Waals surface area contributed by atoms with Crippen molar-refractivity contribution in [2.75, 3.05) is 12.4 Å². The van der Waals surface area contributed by atoms with Crippen molar-refractivity contribution in [1.82, 2.24) is 4.90 Å². The van der Waals surface area contributed by atoms with Crippen molar-refractivity contribution in [2.24, 2.45) is 0 Å². The van der Waals surface area contributed by atoms with Gasteiger partial charge in [-0.05, 0) is 25.1 Å². The molecule has 3 rings (SSSR count). The van der Waals surface area contributed by atoms with Crippen LogP contribution < -0.4 is 5.32 Å². The van der Waals surface area contributed by atoms with Crippen LogP contribution in [0.5, 0.6) is 0 Å². The zero-order valence-corrected chi connectivity index (χ0v) is 15.2. The van der Waals surface area contributed by atoms with Crippen LogP contribution >= 0.6 is 0 Å². The molecule has 26 heavy (non-hydrogen) atoms. The van der Waals surface area contributed by atoms with Crippen molar-refractivity contribution in [3.05, 3.63) is 65.4 Å². The lowest BCUT2D eigenvalue weighted by atomic mass is 10.1. The van der Waals surface area contributed by atoms with Crippen LogP contribution in [0.4, 0.5) is 10.5 Å². The van der Waals surface area contributed by atoms with Gasteiger partial charge in [-0.1, -0.05) is 37.3 Å². The number of carbonyl (C=O) groups is 2. The average molecular weight is 350 g/mol. The molecule has 0 aliphatic rings. The molecule has 0 spiro atoms. The normalized spacial score (nSPS) is 10.7. The van der Waals surface area contributed by atoms with Crippen LogP contribution in [-0.2, 0) is 13.0 Å². The predicted molar refractivity (Wildman–Crippen MR) is 103 cm³/mol. The standard InChI is InChI=1S/C21H22N2O3/c1-4-19-18(17-10-5-6-11-20(17)26-19)13-23(3)21(25)22-16-9-7-8-15(12-16)14(2)24/h5-12H,4,13H2,1-3H3,(H,22,25). The Hall–Kier alpha value is -3.08. The maximum Gasteiger partial charge on any atom is 0.321 e. The van der Waals surface area contributed by atoms with E-state index in [-0.39, 0.29) is 11.8 Å². The molecule has 0 radical (unpaired) electrons. The van der Waals surface area contributed by atoms with Gasteiger partial charge in [0.15, 0.2) is 5.78 Å². The molecule has 1 N–H and O–H groups in total. The van der Waals surface area contributed by atoms with Gasteiger partial charge >= 0.3 is 6.03 Å². The second-order valence-electron chi connectivity index (χ2n) is 6.28. The number of nitrogens with zero attached hydrogens (tertiary/aromatic N) is 1. The Bertz CT molecular complexity index is 959. The van der Waals surface area contributed by atoms with Crippen LogP contribution in [0.15, 0.2) is 52.9 Å². The van der Waals surface area contributed by atoms with Gasteiger partial charge in [0.05, 0.1) is 6.54 Å². The maximum absolute atomic E-state index is 12.6. The number of Topliss-reactive ketones (excluding diaryl/α,β-unsaturated/α-hetero) is 1. The van der Waals surface area contributed by atoms with E-state index in [9.17, 15) is 9.59 Å². The summed E-state index contributed by atoms with van der Waals surface area (Å²) in [6, 6.07) is 14.5. The second-order valence-corrected chi connectivity index (χ2v) is 6.28. The molecule has 5 heteroatoms. The lowest BCUT2D eigenvalue weighted by molar-refractivity contribution is 0.101. The summed E-state index contributed by atoms with van der Waals surface area (Å²) in [4.78, 5) is 25.7. The molecule has 0 saturated carbocycles. The van der Waals surface area contributed by atoms with E-state index in [1.165, 1.54) is 6.92 Å². The number of furan rings is 1. The topological polar surface area (TPSA) is 62.6 Å². The lowest BCUT2D eigenvalue weighted by Gasteiger charge is -2.18. The fourth-order valence-corrected chi connectivity index (χ4v) is 2.95. The van der Waals surface area contributed by atoms with Crippen LogP contribution in [0.2, 0.25) is 0 Å². The van der Waals surface area contributed by atoms with Crippen molar-refractivity contribution in [3.8, 4) is 0 Å². The molecule has 134 valence electrons. The number of aryl methyl sites for hydroxylation is 1. The molecule has 2 aromatic carbocycles. The van der Waals surface area contributed by atoms with Gasteiger partial charge in [0.25, 0.3) is 0 Å². The van der Waals surface area contributed by atoms with Gasteiger partial charge in [-0.2, -0.15) is 0 Å². The van der Waals surface area contributed by atoms with Crippen LogP contribution in [-0.4, -0.2) is 23.8 Å². The molecule has 5 nitrogen and oxygen atoms in total.